The highest BCUT2D eigenvalue weighted by Crippen LogP contribution is 2.32. The number of benzene rings is 1. The fraction of sp³-hybridized carbons (Fsp3) is 0.312. The highest BCUT2D eigenvalue weighted by molar-refractivity contribution is 5.46. The van der Waals surface area contributed by atoms with E-state index in [1.165, 1.54) is 11.8 Å². The molecule has 0 radical (unpaired) electrons. The molecule has 0 spiro atoms. The fourth-order valence-electron chi connectivity index (χ4n) is 2.53. The minimum absolute atomic E-state index is 0.128. The first-order chi connectivity index (χ1) is 10.4. The average molecular weight is 280 g/mol. The molecule has 2 heterocycles. The van der Waals surface area contributed by atoms with Crippen molar-refractivity contribution in [2.24, 2.45) is 0 Å². The molecule has 3 rings (SSSR count). The van der Waals surface area contributed by atoms with Crippen LogP contribution in [0.4, 0.5) is 5.82 Å². The summed E-state index contributed by atoms with van der Waals surface area (Å²) in [6.45, 7) is 0.636. The second-order valence-electron chi connectivity index (χ2n) is 4.98. The van der Waals surface area contributed by atoms with Crippen molar-refractivity contribution in [1.29, 1.82) is 5.26 Å². The molecule has 2 aromatic rings. The predicted octanol–water partition coefficient (Wildman–Crippen LogP) is 2.68. The molecule has 0 bridgehead atoms. The lowest BCUT2D eigenvalue weighted by atomic mass is 10.1. The molecule has 1 aromatic heterocycles. The van der Waals surface area contributed by atoms with Gasteiger partial charge in [0.15, 0.2) is 11.5 Å². The van der Waals surface area contributed by atoms with E-state index in [2.05, 4.69) is 27.4 Å². The Morgan fingerprint density at radius 2 is 2.00 bits per heavy atom. The number of nitriles is 1. The SMILES string of the molecule is N#Cc1nccnc1NC[C@H]1CC[C@H](c2ccccc2)O1. The molecule has 2 atom stereocenters. The number of anilines is 1. The van der Waals surface area contributed by atoms with Crippen LogP contribution in [0.25, 0.3) is 0 Å². The van der Waals surface area contributed by atoms with E-state index in [0.717, 1.165) is 12.8 Å². The van der Waals surface area contributed by atoms with E-state index in [9.17, 15) is 0 Å². The molecule has 5 heteroatoms. The summed E-state index contributed by atoms with van der Waals surface area (Å²) in [5.74, 6) is 0.520. The third-order valence-corrected chi connectivity index (χ3v) is 3.58. The Hall–Kier alpha value is -2.45. The molecule has 21 heavy (non-hydrogen) atoms. The van der Waals surface area contributed by atoms with Crippen LogP contribution in [0, 0.1) is 11.3 Å². The van der Waals surface area contributed by atoms with Crippen molar-refractivity contribution in [2.75, 3.05) is 11.9 Å². The highest BCUT2D eigenvalue weighted by Gasteiger charge is 2.26. The minimum Gasteiger partial charge on any atom is -0.368 e. The van der Waals surface area contributed by atoms with Gasteiger partial charge >= 0.3 is 0 Å². The zero-order chi connectivity index (χ0) is 14.5. The van der Waals surface area contributed by atoms with Crippen LogP contribution in [0.1, 0.15) is 30.2 Å². The molecule has 0 saturated carbocycles. The summed E-state index contributed by atoms with van der Waals surface area (Å²) >= 11 is 0. The Bertz CT molecular complexity index is 638. The molecule has 0 amide bonds. The second kappa shape index (κ2) is 6.33. The predicted molar refractivity (Wildman–Crippen MR) is 78.5 cm³/mol. The third-order valence-electron chi connectivity index (χ3n) is 3.58. The van der Waals surface area contributed by atoms with Gasteiger partial charge in [-0.2, -0.15) is 5.26 Å². The molecular formula is C16H16N4O. The van der Waals surface area contributed by atoms with Crippen LogP contribution >= 0.6 is 0 Å². The van der Waals surface area contributed by atoms with Crippen molar-refractivity contribution < 1.29 is 4.74 Å². The minimum atomic E-state index is 0.128. The van der Waals surface area contributed by atoms with Gasteiger partial charge in [0.1, 0.15) is 6.07 Å². The van der Waals surface area contributed by atoms with Gasteiger partial charge in [-0.25, -0.2) is 9.97 Å². The second-order valence-corrected chi connectivity index (χ2v) is 4.98. The van der Waals surface area contributed by atoms with Crippen molar-refractivity contribution in [3.63, 3.8) is 0 Å². The third kappa shape index (κ3) is 3.18. The summed E-state index contributed by atoms with van der Waals surface area (Å²) in [5, 5.41) is 12.1. The molecule has 106 valence electrons. The summed E-state index contributed by atoms with van der Waals surface area (Å²) in [6, 6.07) is 12.3. The molecule has 0 unspecified atom stereocenters. The maximum absolute atomic E-state index is 8.98. The van der Waals surface area contributed by atoms with Crippen LogP contribution in [-0.4, -0.2) is 22.6 Å². The van der Waals surface area contributed by atoms with Crippen LogP contribution in [0.5, 0.6) is 0 Å². The quantitative estimate of drug-likeness (QED) is 0.932. The molecule has 5 nitrogen and oxygen atoms in total. The maximum Gasteiger partial charge on any atom is 0.182 e. The van der Waals surface area contributed by atoms with E-state index in [1.807, 2.05) is 24.3 Å². The number of hydrogen-bond donors (Lipinski definition) is 1. The van der Waals surface area contributed by atoms with Gasteiger partial charge in [-0.05, 0) is 18.4 Å². The van der Waals surface area contributed by atoms with Crippen LogP contribution in [0.15, 0.2) is 42.7 Å². The summed E-state index contributed by atoms with van der Waals surface area (Å²) in [7, 11) is 0. The van der Waals surface area contributed by atoms with Crippen molar-refractivity contribution in [3.05, 3.63) is 54.0 Å². The molecular weight excluding hydrogens is 264 g/mol. The molecule has 1 saturated heterocycles. The Kier molecular flexibility index (Phi) is 4.08. The van der Waals surface area contributed by atoms with Gasteiger partial charge in [0, 0.05) is 18.9 Å². The maximum atomic E-state index is 8.98. The van der Waals surface area contributed by atoms with E-state index >= 15 is 0 Å². The van der Waals surface area contributed by atoms with E-state index < -0.39 is 0 Å². The molecule has 1 N–H and O–H groups in total. The van der Waals surface area contributed by atoms with Crippen molar-refractivity contribution in [3.8, 4) is 6.07 Å². The summed E-state index contributed by atoms with van der Waals surface area (Å²) < 4.78 is 6.05. The van der Waals surface area contributed by atoms with E-state index in [0.29, 0.717) is 18.1 Å². The Morgan fingerprint density at radius 1 is 1.19 bits per heavy atom. The van der Waals surface area contributed by atoms with Gasteiger partial charge in [-0.1, -0.05) is 30.3 Å². The van der Waals surface area contributed by atoms with Crippen LogP contribution in [-0.2, 0) is 4.74 Å². The first-order valence-electron chi connectivity index (χ1n) is 7.02. The molecule has 1 aliphatic heterocycles. The Morgan fingerprint density at radius 3 is 2.81 bits per heavy atom. The first-order valence-corrected chi connectivity index (χ1v) is 7.02. The molecule has 0 aliphatic carbocycles. The molecule has 1 aliphatic rings. The zero-order valence-corrected chi connectivity index (χ0v) is 11.6. The van der Waals surface area contributed by atoms with Gasteiger partial charge in [0.05, 0.1) is 12.2 Å². The zero-order valence-electron chi connectivity index (χ0n) is 11.6. The first kappa shape index (κ1) is 13.5. The molecule has 1 fully saturated rings. The number of nitrogens with one attached hydrogen (secondary N) is 1. The Balaban J connectivity index is 1.57. The summed E-state index contributed by atoms with van der Waals surface area (Å²) in [5.41, 5.74) is 1.53. The topological polar surface area (TPSA) is 70.8 Å². The molecule has 1 aromatic carbocycles. The Labute approximate surface area is 123 Å². The van der Waals surface area contributed by atoms with Gasteiger partial charge < -0.3 is 10.1 Å². The van der Waals surface area contributed by atoms with Crippen LogP contribution in [0.3, 0.4) is 0 Å². The van der Waals surface area contributed by atoms with Crippen LogP contribution in [0.2, 0.25) is 0 Å². The van der Waals surface area contributed by atoms with Gasteiger partial charge in [0.2, 0.25) is 0 Å². The highest BCUT2D eigenvalue weighted by atomic mass is 16.5. The largest absolute Gasteiger partial charge is 0.368 e. The standard InChI is InChI=1S/C16H16N4O/c17-10-14-16(19-9-8-18-14)20-11-13-6-7-15(21-13)12-4-2-1-3-5-12/h1-5,8-9,13,15H,6-7,11H2,(H,19,20)/t13-,15-/m1/s1. The number of nitrogens with zero attached hydrogens (tertiary/aromatic N) is 3. The van der Waals surface area contributed by atoms with E-state index in [4.69, 9.17) is 10.00 Å². The number of aromatic nitrogens is 2. The van der Waals surface area contributed by atoms with Gasteiger partial charge in [-0.15, -0.1) is 0 Å². The van der Waals surface area contributed by atoms with Gasteiger partial charge in [0.25, 0.3) is 0 Å². The lowest BCUT2D eigenvalue weighted by Crippen LogP contribution is -2.20. The monoisotopic (exact) mass is 280 g/mol. The number of hydrogen-bond acceptors (Lipinski definition) is 5. The van der Waals surface area contributed by atoms with Crippen molar-refractivity contribution in [1.82, 2.24) is 9.97 Å². The van der Waals surface area contributed by atoms with Crippen molar-refractivity contribution >= 4 is 5.82 Å². The number of ether oxygens (including phenoxy) is 1. The number of rotatable bonds is 4. The van der Waals surface area contributed by atoms with Crippen LogP contribution < -0.4 is 5.32 Å². The lowest BCUT2D eigenvalue weighted by Gasteiger charge is -2.15. The smallest absolute Gasteiger partial charge is 0.182 e. The van der Waals surface area contributed by atoms with E-state index in [1.54, 1.807) is 6.20 Å². The average Bonchev–Trinajstić information content (AvgIpc) is 3.03. The van der Waals surface area contributed by atoms with Gasteiger partial charge in [-0.3, -0.25) is 0 Å². The fourth-order valence-corrected chi connectivity index (χ4v) is 2.53. The summed E-state index contributed by atoms with van der Waals surface area (Å²) in [6.07, 6.45) is 5.39. The summed E-state index contributed by atoms with van der Waals surface area (Å²) in [4.78, 5) is 8.11. The van der Waals surface area contributed by atoms with E-state index in [-0.39, 0.29) is 12.2 Å². The van der Waals surface area contributed by atoms with Crippen molar-refractivity contribution in [2.45, 2.75) is 25.0 Å². The normalized spacial score (nSPS) is 20.9. The lowest BCUT2D eigenvalue weighted by molar-refractivity contribution is 0.0521.